The van der Waals surface area contributed by atoms with Crippen molar-refractivity contribution in [2.24, 2.45) is 0 Å². The smallest absolute Gasteiger partial charge is 0.310 e. The summed E-state index contributed by atoms with van der Waals surface area (Å²) < 4.78 is 37.8. The lowest BCUT2D eigenvalue weighted by molar-refractivity contribution is -0.137. The summed E-state index contributed by atoms with van der Waals surface area (Å²) in [6, 6.07) is 6.11. The molecule has 0 spiro atoms. The van der Waals surface area contributed by atoms with Gasteiger partial charge in [0.05, 0.1) is 10.9 Å². The molecule has 4 aromatic heterocycles. The molecule has 0 fully saturated rings. The minimum atomic E-state index is -4.42. The topological polar surface area (TPSA) is 58.6 Å². The van der Waals surface area contributed by atoms with Crippen LogP contribution in [0.2, 0.25) is 0 Å². The van der Waals surface area contributed by atoms with E-state index in [0.717, 1.165) is 22.7 Å². The maximum Gasteiger partial charge on any atom is 0.417 e. The molecule has 1 N–H and O–H groups in total. The SMILES string of the molecule is O=c1[nH]c(Cc2ccc(C(F)(F)F)cn2)nc2scc(-c3cccs3)c12. The highest BCUT2D eigenvalue weighted by Crippen LogP contribution is 2.33. The minimum absolute atomic E-state index is 0.148. The van der Waals surface area contributed by atoms with Crippen molar-refractivity contribution in [3.8, 4) is 10.4 Å². The predicted octanol–water partition coefficient (Wildman–Crippen LogP) is 4.72. The summed E-state index contributed by atoms with van der Waals surface area (Å²) in [5.41, 5.74) is 0.169. The third kappa shape index (κ3) is 3.15. The Morgan fingerprint density at radius 1 is 1.15 bits per heavy atom. The van der Waals surface area contributed by atoms with Crippen LogP contribution in [0.25, 0.3) is 20.7 Å². The van der Waals surface area contributed by atoms with E-state index in [1.165, 1.54) is 28.7 Å². The molecule has 26 heavy (non-hydrogen) atoms. The van der Waals surface area contributed by atoms with E-state index in [2.05, 4.69) is 15.0 Å². The summed E-state index contributed by atoms with van der Waals surface area (Å²) in [5, 5.41) is 4.35. The number of fused-ring (bicyclic) bond motifs is 1. The molecular formula is C17H10F3N3OS2. The molecule has 4 aromatic rings. The number of hydrogen-bond donors (Lipinski definition) is 1. The normalized spacial score (nSPS) is 12.0. The molecule has 0 atom stereocenters. The second kappa shape index (κ2) is 6.33. The number of thiophene rings is 2. The zero-order chi connectivity index (χ0) is 18.3. The number of halogens is 3. The molecule has 0 aliphatic carbocycles. The Balaban J connectivity index is 1.67. The van der Waals surface area contributed by atoms with Crippen LogP contribution >= 0.6 is 22.7 Å². The van der Waals surface area contributed by atoms with E-state index in [-0.39, 0.29) is 12.0 Å². The van der Waals surface area contributed by atoms with Crippen molar-refractivity contribution in [2.45, 2.75) is 12.6 Å². The van der Waals surface area contributed by atoms with Crippen LogP contribution in [0.4, 0.5) is 13.2 Å². The Morgan fingerprint density at radius 2 is 2.00 bits per heavy atom. The van der Waals surface area contributed by atoms with Gasteiger partial charge < -0.3 is 4.98 Å². The Kier molecular flexibility index (Phi) is 4.12. The van der Waals surface area contributed by atoms with Gasteiger partial charge in [0.15, 0.2) is 0 Å². The molecule has 4 heterocycles. The van der Waals surface area contributed by atoms with Crippen LogP contribution in [0.5, 0.6) is 0 Å². The lowest BCUT2D eigenvalue weighted by Crippen LogP contribution is -2.12. The van der Waals surface area contributed by atoms with Crippen LogP contribution in [-0.2, 0) is 12.6 Å². The first-order chi connectivity index (χ1) is 12.4. The zero-order valence-electron chi connectivity index (χ0n) is 13.0. The molecule has 0 saturated heterocycles. The lowest BCUT2D eigenvalue weighted by atomic mass is 10.2. The predicted molar refractivity (Wildman–Crippen MR) is 95.6 cm³/mol. The molecule has 4 nitrogen and oxygen atoms in total. The molecule has 9 heteroatoms. The number of hydrogen-bond acceptors (Lipinski definition) is 5. The second-order valence-electron chi connectivity index (χ2n) is 5.53. The molecule has 0 amide bonds. The van der Waals surface area contributed by atoms with Crippen molar-refractivity contribution in [1.82, 2.24) is 15.0 Å². The number of alkyl halides is 3. The number of rotatable bonds is 3. The number of nitrogens with zero attached hydrogens (tertiary/aromatic N) is 2. The van der Waals surface area contributed by atoms with Crippen LogP contribution in [0, 0.1) is 0 Å². The first kappa shape index (κ1) is 16.9. The molecule has 0 saturated carbocycles. The number of aromatic amines is 1. The molecule has 0 aliphatic heterocycles. The van der Waals surface area contributed by atoms with Crippen LogP contribution in [0.3, 0.4) is 0 Å². The van der Waals surface area contributed by atoms with Crippen molar-refractivity contribution >= 4 is 32.9 Å². The van der Waals surface area contributed by atoms with E-state index in [4.69, 9.17) is 0 Å². The Labute approximate surface area is 153 Å². The molecule has 0 bridgehead atoms. The summed E-state index contributed by atoms with van der Waals surface area (Å²) in [5.74, 6) is 0.370. The summed E-state index contributed by atoms with van der Waals surface area (Å²) in [4.78, 5) is 25.1. The number of pyridine rings is 1. The fourth-order valence-electron chi connectivity index (χ4n) is 2.56. The van der Waals surface area contributed by atoms with Gasteiger partial charge in [-0.2, -0.15) is 13.2 Å². The Bertz CT molecular complexity index is 1110. The number of aromatic nitrogens is 3. The summed E-state index contributed by atoms with van der Waals surface area (Å²) in [7, 11) is 0. The average molecular weight is 393 g/mol. The van der Waals surface area contributed by atoms with Gasteiger partial charge in [0, 0.05) is 34.1 Å². The standard InChI is InChI=1S/C17H10F3N3OS2/c18-17(19,20)9-3-4-10(21-7-9)6-13-22-15(24)14-11(8-26-16(14)23-13)12-2-1-5-25-12/h1-5,7-8H,6H2,(H,22,23,24). The summed E-state index contributed by atoms with van der Waals surface area (Å²) >= 11 is 2.90. The van der Waals surface area contributed by atoms with Gasteiger partial charge in [-0.15, -0.1) is 22.7 Å². The highest BCUT2D eigenvalue weighted by molar-refractivity contribution is 7.18. The van der Waals surface area contributed by atoms with Gasteiger partial charge in [-0.05, 0) is 23.6 Å². The number of H-pyrrole nitrogens is 1. The maximum atomic E-state index is 12.6. The number of nitrogens with one attached hydrogen (secondary N) is 1. The van der Waals surface area contributed by atoms with Gasteiger partial charge in [0.2, 0.25) is 0 Å². The van der Waals surface area contributed by atoms with Gasteiger partial charge in [-0.25, -0.2) is 4.98 Å². The van der Waals surface area contributed by atoms with Crippen molar-refractivity contribution in [1.29, 1.82) is 0 Å². The third-order valence-electron chi connectivity index (χ3n) is 3.78. The molecule has 0 radical (unpaired) electrons. The zero-order valence-corrected chi connectivity index (χ0v) is 14.6. The molecular weight excluding hydrogens is 383 g/mol. The van der Waals surface area contributed by atoms with Crippen LogP contribution < -0.4 is 5.56 Å². The van der Waals surface area contributed by atoms with Crippen molar-refractivity contribution in [3.05, 3.63) is 68.7 Å². The fourth-order valence-corrected chi connectivity index (χ4v) is 4.34. The van der Waals surface area contributed by atoms with Gasteiger partial charge in [-0.3, -0.25) is 9.78 Å². The van der Waals surface area contributed by atoms with Crippen molar-refractivity contribution < 1.29 is 13.2 Å². The van der Waals surface area contributed by atoms with E-state index in [0.29, 0.717) is 21.7 Å². The second-order valence-corrected chi connectivity index (χ2v) is 7.34. The van der Waals surface area contributed by atoms with Gasteiger partial charge in [0.1, 0.15) is 10.7 Å². The molecule has 0 aromatic carbocycles. The highest BCUT2D eigenvalue weighted by atomic mass is 32.1. The quantitative estimate of drug-likeness (QED) is 0.548. The molecule has 4 rings (SSSR count). The molecule has 132 valence electrons. The maximum absolute atomic E-state index is 12.6. The van der Waals surface area contributed by atoms with Gasteiger partial charge >= 0.3 is 6.18 Å². The monoisotopic (exact) mass is 393 g/mol. The minimum Gasteiger partial charge on any atom is -0.310 e. The van der Waals surface area contributed by atoms with Crippen LogP contribution in [0.1, 0.15) is 17.1 Å². The molecule has 0 unspecified atom stereocenters. The van der Waals surface area contributed by atoms with E-state index in [1.54, 1.807) is 0 Å². The van der Waals surface area contributed by atoms with Gasteiger partial charge in [0.25, 0.3) is 5.56 Å². The largest absolute Gasteiger partial charge is 0.417 e. The summed E-state index contributed by atoms with van der Waals surface area (Å²) in [6.07, 6.45) is -3.49. The average Bonchev–Trinajstić information content (AvgIpc) is 3.23. The molecule has 0 aliphatic rings. The van der Waals surface area contributed by atoms with Crippen LogP contribution in [0.15, 0.2) is 46.0 Å². The Hall–Kier alpha value is -2.52. The van der Waals surface area contributed by atoms with E-state index < -0.39 is 11.7 Å². The van der Waals surface area contributed by atoms with Crippen LogP contribution in [-0.4, -0.2) is 15.0 Å². The summed E-state index contributed by atoms with van der Waals surface area (Å²) in [6.45, 7) is 0. The first-order valence-corrected chi connectivity index (χ1v) is 9.24. The fraction of sp³-hybridized carbons (Fsp3) is 0.118. The van der Waals surface area contributed by atoms with E-state index in [1.807, 2.05) is 22.9 Å². The van der Waals surface area contributed by atoms with Crippen molar-refractivity contribution in [3.63, 3.8) is 0 Å². The van der Waals surface area contributed by atoms with Gasteiger partial charge in [-0.1, -0.05) is 6.07 Å². The van der Waals surface area contributed by atoms with E-state index >= 15 is 0 Å². The van der Waals surface area contributed by atoms with E-state index in [9.17, 15) is 18.0 Å². The lowest BCUT2D eigenvalue weighted by Gasteiger charge is -2.06. The third-order valence-corrected chi connectivity index (χ3v) is 5.56. The first-order valence-electron chi connectivity index (χ1n) is 7.48. The highest BCUT2D eigenvalue weighted by Gasteiger charge is 2.30. The van der Waals surface area contributed by atoms with Crippen molar-refractivity contribution in [2.75, 3.05) is 0 Å². The Morgan fingerprint density at radius 3 is 2.65 bits per heavy atom.